The van der Waals surface area contributed by atoms with Crippen LogP contribution >= 0.6 is 31.9 Å². The average molecular weight is 685 g/mol. The standard InChI is InChI=1S/C39H56Br2/c40-33-23-25-35-36-26-24-34(41)30-38(36)39(37(35)29-33,27-15-5-1-3-9-17-31-19-11-7-12-20-31)28-16-6-2-4-10-18-32-21-13-8-14-22-32/h23-26,29-32H,1-22,27-28H2. The van der Waals surface area contributed by atoms with Gasteiger partial charge in [0.1, 0.15) is 0 Å². The monoisotopic (exact) mass is 682 g/mol. The van der Waals surface area contributed by atoms with Gasteiger partial charge in [-0.3, -0.25) is 0 Å². The summed E-state index contributed by atoms with van der Waals surface area (Å²) in [6.45, 7) is 0. The molecule has 0 nitrogen and oxygen atoms in total. The fraction of sp³-hybridized carbons (Fsp3) is 0.692. The van der Waals surface area contributed by atoms with Crippen molar-refractivity contribution >= 4 is 31.9 Å². The second kappa shape index (κ2) is 16.5. The number of halogens is 2. The highest BCUT2D eigenvalue weighted by molar-refractivity contribution is 9.10. The highest BCUT2D eigenvalue weighted by Gasteiger charge is 2.42. The maximum Gasteiger partial charge on any atom is 0.0216 e. The van der Waals surface area contributed by atoms with Crippen LogP contribution in [0.5, 0.6) is 0 Å². The second-order valence-electron chi connectivity index (χ2n) is 14.1. The normalized spacial score (nSPS) is 18.9. The first kappa shape index (κ1) is 31.8. The molecular weight excluding hydrogens is 628 g/mol. The third-order valence-corrected chi connectivity index (χ3v) is 12.2. The van der Waals surface area contributed by atoms with Crippen molar-refractivity contribution in [1.82, 2.24) is 0 Å². The highest BCUT2D eigenvalue weighted by atomic mass is 79.9. The summed E-state index contributed by atoms with van der Waals surface area (Å²) < 4.78 is 2.47. The SMILES string of the molecule is Brc1ccc2c(c1)C(CCCCCCCC1CCCCC1)(CCCCCCCC1CCCCC1)c1cc(Br)ccc1-2. The van der Waals surface area contributed by atoms with Gasteiger partial charge in [0.15, 0.2) is 0 Å². The maximum atomic E-state index is 3.85. The number of rotatable bonds is 16. The fourth-order valence-corrected chi connectivity index (χ4v) is 9.56. The molecule has 0 atom stereocenters. The zero-order valence-corrected chi connectivity index (χ0v) is 29.0. The molecule has 2 saturated carbocycles. The van der Waals surface area contributed by atoms with Crippen molar-refractivity contribution < 1.29 is 0 Å². The largest absolute Gasteiger partial charge is 0.0533 e. The Hall–Kier alpha value is -0.600. The Morgan fingerprint density at radius 1 is 0.488 bits per heavy atom. The van der Waals surface area contributed by atoms with Gasteiger partial charge in [-0.25, -0.2) is 0 Å². The van der Waals surface area contributed by atoms with Crippen LogP contribution in [-0.2, 0) is 5.41 Å². The van der Waals surface area contributed by atoms with Gasteiger partial charge in [0.05, 0.1) is 0 Å². The van der Waals surface area contributed by atoms with E-state index in [1.165, 1.54) is 174 Å². The van der Waals surface area contributed by atoms with Crippen LogP contribution < -0.4 is 0 Å². The summed E-state index contributed by atoms with van der Waals surface area (Å²) in [4.78, 5) is 0. The van der Waals surface area contributed by atoms with Crippen molar-refractivity contribution in [3.8, 4) is 11.1 Å². The van der Waals surface area contributed by atoms with Crippen LogP contribution in [0, 0.1) is 11.8 Å². The number of hydrogen-bond acceptors (Lipinski definition) is 0. The van der Waals surface area contributed by atoms with Crippen molar-refractivity contribution in [2.24, 2.45) is 11.8 Å². The van der Waals surface area contributed by atoms with E-state index in [0.717, 1.165) is 11.8 Å². The Kier molecular flexibility index (Phi) is 12.8. The van der Waals surface area contributed by atoms with Gasteiger partial charge >= 0.3 is 0 Å². The minimum atomic E-state index is 0.169. The molecule has 3 aliphatic rings. The minimum absolute atomic E-state index is 0.169. The number of benzene rings is 2. The van der Waals surface area contributed by atoms with Crippen LogP contribution in [0.25, 0.3) is 11.1 Å². The summed E-state index contributed by atoms with van der Waals surface area (Å²) in [5.41, 5.74) is 6.32. The minimum Gasteiger partial charge on any atom is -0.0533 e. The molecule has 0 unspecified atom stereocenters. The van der Waals surface area contributed by atoms with Gasteiger partial charge in [-0.05, 0) is 71.2 Å². The van der Waals surface area contributed by atoms with Gasteiger partial charge in [-0.15, -0.1) is 0 Å². The first-order valence-corrected chi connectivity index (χ1v) is 19.3. The molecular formula is C39H56Br2. The second-order valence-corrected chi connectivity index (χ2v) is 15.9. The Labute approximate surface area is 269 Å². The van der Waals surface area contributed by atoms with Gasteiger partial charge in [-0.1, -0.05) is 185 Å². The zero-order valence-electron chi connectivity index (χ0n) is 25.8. The Morgan fingerprint density at radius 2 is 0.878 bits per heavy atom. The lowest BCUT2D eigenvalue weighted by molar-refractivity contribution is 0.326. The predicted octanol–water partition coefficient (Wildman–Crippen LogP) is 14.1. The molecule has 2 heteroatoms. The fourth-order valence-electron chi connectivity index (χ4n) is 8.84. The molecule has 0 N–H and O–H groups in total. The van der Waals surface area contributed by atoms with E-state index in [1.807, 2.05) is 0 Å². The van der Waals surface area contributed by atoms with Crippen LogP contribution in [0.15, 0.2) is 45.3 Å². The van der Waals surface area contributed by atoms with E-state index in [4.69, 9.17) is 0 Å². The van der Waals surface area contributed by atoms with Crippen molar-refractivity contribution in [3.05, 3.63) is 56.5 Å². The summed E-state index contributed by atoms with van der Waals surface area (Å²) in [5, 5.41) is 0. The zero-order chi connectivity index (χ0) is 28.3. The van der Waals surface area contributed by atoms with Gasteiger partial charge in [-0.2, -0.15) is 0 Å². The van der Waals surface area contributed by atoms with Gasteiger partial charge < -0.3 is 0 Å². The lowest BCUT2D eigenvalue weighted by atomic mass is 9.70. The quantitative estimate of drug-likeness (QED) is 0.154. The predicted molar refractivity (Wildman–Crippen MR) is 186 cm³/mol. The molecule has 3 aliphatic carbocycles. The average Bonchev–Trinajstić information content (AvgIpc) is 3.25. The molecule has 2 aromatic carbocycles. The van der Waals surface area contributed by atoms with Crippen molar-refractivity contribution in [3.63, 3.8) is 0 Å². The van der Waals surface area contributed by atoms with Crippen molar-refractivity contribution in [2.45, 2.75) is 160 Å². The first-order chi connectivity index (χ1) is 20.2. The Balaban J connectivity index is 1.17. The molecule has 0 bridgehead atoms. The molecule has 0 aromatic heterocycles. The highest BCUT2D eigenvalue weighted by Crippen LogP contribution is 2.55. The summed E-state index contributed by atoms with van der Waals surface area (Å²) in [6.07, 6.45) is 34.6. The third-order valence-electron chi connectivity index (χ3n) is 11.2. The van der Waals surface area contributed by atoms with Crippen LogP contribution in [0.1, 0.15) is 165 Å². The van der Waals surface area contributed by atoms with E-state index in [0.29, 0.717) is 0 Å². The third kappa shape index (κ3) is 8.74. The van der Waals surface area contributed by atoms with Crippen LogP contribution in [0.3, 0.4) is 0 Å². The molecule has 0 saturated heterocycles. The van der Waals surface area contributed by atoms with Crippen molar-refractivity contribution in [2.75, 3.05) is 0 Å². The van der Waals surface area contributed by atoms with Gasteiger partial charge in [0.25, 0.3) is 0 Å². The molecule has 5 rings (SSSR count). The molecule has 0 spiro atoms. The number of hydrogen-bond donors (Lipinski definition) is 0. The van der Waals surface area contributed by atoms with Crippen molar-refractivity contribution in [1.29, 1.82) is 0 Å². The first-order valence-electron chi connectivity index (χ1n) is 17.8. The molecule has 0 heterocycles. The summed E-state index contributed by atoms with van der Waals surface area (Å²) in [7, 11) is 0. The molecule has 2 aromatic rings. The van der Waals surface area contributed by atoms with E-state index < -0.39 is 0 Å². The molecule has 0 aliphatic heterocycles. The lowest BCUT2D eigenvalue weighted by Gasteiger charge is -2.33. The summed E-state index contributed by atoms with van der Waals surface area (Å²) >= 11 is 7.71. The number of fused-ring (bicyclic) bond motifs is 3. The maximum absolute atomic E-state index is 3.85. The Morgan fingerprint density at radius 3 is 1.32 bits per heavy atom. The number of unbranched alkanes of at least 4 members (excludes halogenated alkanes) is 8. The van der Waals surface area contributed by atoms with E-state index in [9.17, 15) is 0 Å². The molecule has 2 fully saturated rings. The molecule has 226 valence electrons. The van der Waals surface area contributed by atoms with E-state index in [-0.39, 0.29) is 5.41 Å². The molecule has 41 heavy (non-hydrogen) atoms. The smallest absolute Gasteiger partial charge is 0.0216 e. The van der Waals surface area contributed by atoms with E-state index in [1.54, 1.807) is 11.1 Å². The topological polar surface area (TPSA) is 0 Å². The van der Waals surface area contributed by atoms with Crippen LogP contribution in [-0.4, -0.2) is 0 Å². The van der Waals surface area contributed by atoms with Gasteiger partial charge in [0.2, 0.25) is 0 Å². The van der Waals surface area contributed by atoms with E-state index in [2.05, 4.69) is 68.3 Å². The summed E-state index contributed by atoms with van der Waals surface area (Å²) in [5.74, 6) is 2.09. The van der Waals surface area contributed by atoms with Gasteiger partial charge in [0, 0.05) is 14.4 Å². The molecule has 0 radical (unpaired) electrons. The summed E-state index contributed by atoms with van der Waals surface area (Å²) in [6, 6.07) is 14.2. The Bertz CT molecular complexity index is 974. The van der Waals surface area contributed by atoms with Crippen LogP contribution in [0.2, 0.25) is 0 Å². The van der Waals surface area contributed by atoms with Crippen LogP contribution in [0.4, 0.5) is 0 Å². The lowest BCUT2D eigenvalue weighted by Crippen LogP contribution is -2.25. The molecule has 0 amide bonds. The van der Waals surface area contributed by atoms with E-state index >= 15 is 0 Å².